The standard InChI is InChI=1S/C24H27ClN4O4/c1-2-33-23(31)21-18(26-24(32)27-22(21)16-7-9-17(25)10-8-16)15-28-11-13-29(14-12-28)19-5-3-4-6-20(19)30/h3-10,22,30H,2,11-15H2,1H3,(H2,26,27,32). The molecular formula is C24H27ClN4O4. The van der Waals surface area contributed by atoms with Crippen LogP contribution in [0, 0.1) is 0 Å². The van der Waals surface area contributed by atoms with E-state index in [1.165, 1.54) is 0 Å². The predicted octanol–water partition coefficient (Wildman–Crippen LogP) is 3.04. The van der Waals surface area contributed by atoms with E-state index >= 15 is 0 Å². The number of anilines is 1. The Balaban J connectivity index is 1.56. The van der Waals surface area contributed by atoms with Crippen molar-refractivity contribution in [3.63, 3.8) is 0 Å². The summed E-state index contributed by atoms with van der Waals surface area (Å²) in [5, 5.41) is 16.4. The number of urea groups is 1. The van der Waals surface area contributed by atoms with Gasteiger partial charge in [-0.2, -0.15) is 0 Å². The van der Waals surface area contributed by atoms with Crippen LogP contribution in [0.3, 0.4) is 0 Å². The third-order valence-electron chi connectivity index (χ3n) is 5.83. The zero-order valence-electron chi connectivity index (χ0n) is 18.4. The summed E-state index contributed by atoms with van der Waals surface area (Å²) >= 11 is 6.02. The van der Waals surface area contributed by atoms with Crippen LogP contribution in [0.5, 0.6) is 5.75 Å². The molecule has 1 atom stereocenters. The molecule has 0 spiro atoms. The molecule has 0 saturated carbocycles. The van der Waals surface area contributed by atoms with Crippen molar-refractivity contribution in [1.29, 1.82) is 0 Å². The first-order chi connectivity index (χ1) is 16.0. The Bertz CT molecular complexity index is 1050. The van der Waals surface area contributed by atoms with Crippen LogP contribution in [0.1, 0.15) is 18.5 Å². The number of piperazine rings is 1. The number of carbonyl (C=O) groups is 2. The Labute approximate surface area is 197 Å². The number of para-hydroxylation sites is 2. The fourth-order valence-corrected chi connectivity index (χ4v) is 4.33. The molecule has 0 bridgehead atoms. The molecule has 3 N–H and O–H groups in total. The topological polar surface area (TPSA) is 94.1 Å². The van der Waals surface area contributed by atoms with Gasteiger partial charge in [0.2, 0.25) is 0 Å². The van der Waals surface area contributed by atoms with E-state index in [0.717, 1.165) is 11.3 Å². The van der Waals surface area contributed by atoms with Gasteiger partial charge in [-0.1, -0.05) is 35.9 Å². The number of benzene rings is 2. The molecular weight excluding hydrogens is 444 g/mol. The van der Waals surface area contributed by atoms with Crippen molar-refractivity contribution in [3.8, 4) is 5.75 Å². The minimum Gasteiger partial charge on any atom is -0.506 e. The number of ether oxygens (including phenoxy) is 1. The van der Waals surface area contributed by atoms with Crippen LogP contribution in [0.15, 0.2) is 59.8 Å². The van der Waals surface area contributed by atoms with Gasteiger partial charge in [0.25, 0.3) is 0 Å². The third-order valence-corrected chi connectivity index (χ3v) is 6.08. The second kappa shape index (κ2) is 10.1. The molecule has 0 radical (unpaired) electrons. The minimum absolute atomic E-state index is 0.232. The molecule has 0 aromatic heterocycles. The number of hydrogen-bond acceptors (Lipinski definition) is 6. The lowest BCUT2D eigenvalue weighted by atomic mass is 9.95. The van der Waals surface area contributed by atoms with Gasteiger partial charge < -0.3 is 25.4 Å². The monoisotopic (exact) mass is 470 g/mol. The molecule has 2 aliphatic heterocycles. The number of nitrogens with one attached hydrogen (secondary N) is 2. The molecule has 174 valence electrons. The van der Waals surface area contributed by atoms with Gasteiger partial charge in [-0.05, 0) is 36.8 Å². The van der Waals surface area contributed by atoms with E-state index in [4.69, 9.17) is 16.3 Å². The number of nitrogens with zero attached hydrogens (tertiary/aromatic N) is 2. The van der Waals surface area contributed by atoms with Gasteiger partial charge >= 0.3 is 12.0 Å². The maximum atomic E-state index is 12.9. The number of phenolic OH excluding ortho intramolecular Hbond substituents is 1. The molecule has 2 amide bonds. The van der Waals surface area contributed by atoms with Gasteiger partial charge in [0.05, 0.1) is 23.9 Å². The SMILES string of the molecule is CCOC(=O)C1=C(CN2CCN(c3ccccc3O)CC2)NC(=O)NC1c1ccc(Cl)cc1. The largest absolute Gasteiger partial charge is 0.506 e. The molecule has 1 saturated heterocycles. The first kappa shape index (κ1) is 22.9. The summed E-state index contributed by atoms with van der Waals surface area (Å²) in [5.74, 6) is -0.206. The van der Waals surface area contributed by atoms with Crippen molar-refractivity contribution in [3.05, 3.63) is 70.4 Å². The average molecular weight is 471 g/mol. The summed E-state index contributed by atoms with van der Waals surface area (Å²) in [6.07, 6.45) is 0. The van der Waals surface area contributed by atoms with Crippen LogP contribution >= 0.6 is 11.6 Å². The van der Waals surface area contributed by atoms with Crippen LogP contribution in [0.2, 0.25) is 5.02 Å². The highest BCUT2D eigenvalue weighted by Crippen LogP contribution is 2.30. The highest BCUT2D eigenvalue weighted by Gasteiger charge is 2.34. The van der Waals surface area contributed by atoms with Crippen LogP contribution < -0.4 is 15.5 Å². The van der Waals surface area contributed by atoms with Crippen molar-refractivity contribution in [2.45, 2.75) is 13.0 Å². The number of carbonyl (C=O) groups excluding carboxylic acids is 2. The second-order valence-electron chi connectivity index (χ2n) is 7.95. The molecule has 0 aliphatic carbocycles. The Kier molecular flexibility index (Phi) is 7.05. The molecule has 33 heavy (non-hydrogen) atoms. The van der Waals surface area contributed by atoms with Gasteiger partial charge in [-0.25, -0.2) is 9.59 Å². The molecule has 1 fully saturated rings. The van der Waals surface area contributed by atoms with E-state index in [2.05, 4.69) is 20.4 Å². The maximum Gasteiger partial charge on any atom is 0.338 e. The molecule has 9 heteroatoms. The molecule has 1 unspecified atom stereocenters. The zero-order valence-corrected chi connectivity index (χ0v) is 19.1. The third kappa shape index (κ3) is 5.23. The van der Waals surface area contributed by atoms with E-state index in [1.807, 2.05) is 12.1 Å². The zero-order chi connectivity index (χ0) is 23.4. The number of phenols is 1. The molecule has 2 aromatic rings. The fraction of sp³-hybridized carbons (Fsp3) is 0.333. The van der Waals surface area contributed by atoms with E-state index in [9.17, 15) is 14.7 Å². The normalized spacial score (nSPS) is 19.2. The number of amides is 2. The first-order valence-electron chi connectivity index (χ1n) is 10.9. The van der Waals surface area contributed by atoms with Crippen molar-refractivity contribution >= 4 is 29.3 Å². The molecule has 2 aliphatic rings. The second-order valence-corrected chi connectivity index (χ2v) is 8.38. The van der Waals surface area contributed by atoms with Crippen molar-refractivity contribution in [2.75, 3.05) is 44.2 Å². The summed E-state index contributed by atoms with van der Waals surface area (Å²) in [7, 11) is 0. The number of rotatable bonds is 6. The van der Waals surface area contributed by atoms with E-state index in [0.29, 0.717) is 49.0 Å². The summed E-state index contributed by atoms with van der Waals surface area (Å²) in [4.78, 5) is 29.7. The minimum atomic E-state index is -0.632. The van der Waals surface area contributed by atoms with Gasteiger partial charge in [-0.15, -0.1) is 0 Å². The van der Waals surface area contributed by atoms with Crippen molar-refractivity contribution in [2.24, 2.45) is 0 Å². The summed E-state index contributed by atoms with van der Waals surface area (Å²) in [6, 6.07) is 13.3. The van der Waals surface area contributed by atoms with Crippen LogP contribution in [0.4, 0.5) is 10.5 Å². The Morgan fingerprint density at radius 1 is 1.12 bits per heavy atom. The lowest BCUT2D eigenvalue weighted by molar-refractivity contribution is -0.139. The maximum absolute atomic E-state index is 12.9. The lowest BCUT2D eigenvalue weighted by Gasteiger charge is -2.38. The fourth-order valence-electron chi connectivity index (χ4n) is 4.20. The van der Waals surface area contributed by atoms with Gasteiger partial charge in [0, 0.05) is 43.4 Å². The van der Waals surface area contributed by atoms with E-state index < -0.39 is 12.0 Å². The molecule has 2 heterocycles. The predicted molar refractivity (Wildman–Crippen MR) is 126 cm³/mol. The smallest absolute Gasteiger partial charge is 0.338 e. The molecule has 2 aromatic carbocycles. The highest BCUT2D eigenvalue weighted by molar-refractivity contribution is 6.30. The van der Waals surface area contributed by atoms with Crippen molar-refractivity contribution in [1.82, 2.24) is 15.5 Å². The summed E-state index contributed by atoms with van der Waals surface area (Å²) in [6.45, 7) is 5.24. The Morgan fingerprint density at radius 3 is 2.48 bits per heavy atom. The summed E-state index contributed by atoms with van der Waals surface area (Å²) in [5.41, 5.74) is 2.48. The van der Waals surface area contributed by atoms with Gasteiger partial charge in [0.1, 0.15) is 5.75 Å². The Morgan fingerprint density at radius 2 is 1.82 bits per heavy atom. The quantitative estimate of drug-likeness (QED) is 0.562. The highest BCUT2D eigenvalue weighted by atomic mass is 35.5. The first-order valence-corrected chi connectivity index (χ1v) is 11.3. The van der Waals surface area contributed by atoms with Crippen LogP contribution in [-0.2, 0) is 9.53 Å². The van der Waals surface area contributed by atoms with E-state index in [1.54, 1.807) is 43.3 Å². The Hall–Kier alpha value is -3.23. The molecule has 4 rings (SSSR count). The van der Waals surface area contributed by atoms with Crippen LogP contribution in [-0.4, -0.2) is 61.3 Å². The number of hydrogen-bond donors (Lipinski definition) is 3. The summed E-state index contributed by atoms with van der Waals surface area (Å²) < 4.78 is 5.33. The van der Waals surface area contributed by atoms with Crippen LogP contribution in [0.25, 0.3) is 0 Å². The number of halogens is 1. The van der Waals surface area contributed by atoms with Crippen molar-refractivity contribution < 1.29 is 19.4 Å². The number of aromatic hydroxyl groups is 1. The number of esters is 1. The molecule has 8 nitrogen and oxygen atoms in total. The average Bonchev–Trinajstić information content (AvgIpc) is 2.80. The van der Waals surface area contributed by atoms with Gasteiger partial charge in [-0.3, -0.25) is 4.90 Å². The van der Waals surface area contributed by atoms with Gasteiger partial charge in [0.15, 0.2) is 0 Å². The van der Waals surface area contributed by atoms with E-state index in [-0.39, 0.29) is 18.4 Å². The lowest BCUT2D eigenvalue weighted by Crippen LogP contribution is -2.51.